The van der Waals surface area contributed by atoms with E-state index in [0.29, 0.717) is 36.2 Å². The van der Waals surface area contributed by atoms with Crippen molar-refractivity contribution in [3.05, 3.63) is 0 Å². The minimum absolute atomic E-state index is 0.301. The van der Waals surface area contributed by atoms with E-state index in [9.17, 15) is 0 Å². The Kier molecular flexibility index (Phi) is 12.1. The Morgan fingerprint density at radius 2 is 1.05 bits per heavy atom. The second kappa shape index (κ2) is 11.9. The van der Waals surface area contributed by atoms with E-state index >= 15 is 0 Å². The molecule has 0 saturated heterocycles. The van der Waals surface area contributed by atoms with Gasteiger partial charge in [-0.3, -0.25) is 0 Å². The zero-order valence-corrected chi connectivity index (χ0v) is 21.2. The maximum Gasteiger partial charge on any atom is 0.0700 e. The van der Waals surface area contributed by atoms with Gasteiger partial charge in [-0.05, 0) is 44.4 Å². The highest BCUT2D eigenvalue weighted by atomic mass is 79.9. The molecule has 1 fully saturated rings. The van der Waals surface area contributed by atoms with Gasteiger partial charge in [-0.25, -0.2) is 0 Å². The van der Waals surface area contributed by atoms with Crippen molar-refractivity contribution in [2.45, 2.75) is 82.6 Å². The fourth-order valence-corrected chi connectivity index (χ4v) is 5.35. The number of hydrogen-bond donors (Lipinski definition) is 0. The van der Waals surface area contributed by atoms with E-state index in [1.165, 1.54) is 12.8 Å². The molecule has 1 rings (SSSR count). The Labute approximate surface area is 178 Å². The SMILES string of the molecule is CC(C)COC1CC[C@H](Br)[C@H](Br)CC[C@@H](Br)[C@@H](Br)CC[C@@H]1Br. The van der Waals surface area contributed by atoms with E-state index in [0.717, 1.165) is 32.3 Å². The van der Waals surface area contributed by atoms with Crippen molar-refractivity contribution in [2.75, 3.05) is 6.61 Å². The van der Waals surface area contributed by atoms with Gasteiger partial charge in [0.05, 0.1) is 6.10 Å². The highest BCUT2D eigenvalue weighted by Crippen LogP contribution is 2.33. The first-order chi connectivity index (χ1) is 10.3. The predicted molar refractivity (Wildman–Crippen MR) is 116 cm³/mol. The maximum atomic E-state index is 6.20. The summed E-state index contributed by atoms with van der Waals surface area (Å²) >= 11 is 19.3. The molecule has 6 atom stereocenters. The molecule has 1 aliphatic rings. The summed E-state index contributed by atoms with van der Waals surface area (Å²) in [7, 11) is 0. The first kappa shape index (κ1) is 22.4. The average Bonchev–Trinajstić information content (AvgIpc) is 2.47. The zero-order chi connectivity index (χ0) is 16.7. The number of hydrogen-bond acceptors (Lipinski definition) is 1. The smallest absolute Gasteiger partial charge is 0.0700 e. The number of halogens is 5. The van der Waals surface area contributed by atoms with E-state index < -0.39 is 0 Å². The third-order valence-corrected chi connectivity index (χ3v) is 10.8. The van der Waals surface area contributed by atoms with Crippen LogP contribution >= 0.6 is 79.6 Å². The minimum Gasteiger partial charge on any atom is -0.377 e. The summed E-state index contributed by atoms with van der Waals surface area (Å²) in [6.45, 7) is 5.27. The average molecular weight is 635 g/mol. The monoisotopic (exact) mass is 630 g/mol. The molecule has 0 heterocycles. The quantitative estimate of drug-likeness (QED) is 0.299. The van der Waals surface area contributed by atoms with Gasteiger partial charge in [0.2, 0.25) is 0 Å². The summed E-state index contributed by atoms with van der Waals surface area (Å²) in [5.41, 5.74) is 0. The molecule has 0 radical (unpaired) electrons. The van der Waals surface area contributed by atoms with Crippen molar-refractivity contribution in [3.63, 3.8) is 0 Å². The van der Waals surface area contributed by atoms with Gasteiger partial charge < -0.3 is 4.74 Å². The highest BCUT2D eigenvalue weighted by Gasteiger charge is 2.27. The lowest BCUT2D eigenvalue weighted by Gasteiger charge is -2.29. The standard InChI is InChI=1S/C16H27Br5O/c1-10(2)9-22-16-8-7-14(20)12(18)4-3-11(17)13(19)5-6-15(16)21/h10-16H,3-9H2,1-2H3/t11-,12-,13+,14+,15+,16?/m1/s1. The summed E-state index contributed by atoms with van der Waals surface area (Å²) in [6, 6.07) is 0. The van der Waals surface area contributed by atoms with E-state index in [-0.39, 0.29) is 0 Å². The molecule has 0 aromatic carbocycles. The lowest BCUT2D eigenvalue weighted by Crippen LogP contribution is -2.30. The number of alkyl halides is 5. The first-order valence-electron chi connectivity index (χ1n) is 8.13. The zero-order valence-electron chi connectivity index (χ0n) is 13.3. The van der Waals surface area contributed by atoms with Crippen molar-refractivity contribution in [3.8, 4) is 0 Å². The number of rotatable bonds is 3. The second-order valence-corrected chi connectivity index (χ2v) is 12.5. The second-order valence-electron chi connectivity index (χ2n) is 6.58. The molecular weight excluding hydrogens is 608 g/mol. The van der Waals surface area contributed by atoms with Gasteiger partial charge in [-0.1, -0.05) is 93.5 Å². The van der Waals surface area contributed by atoms with E-state index in [1.54, 1.807) is 0 Å². The Morgan fingerprint density at radius 3 is 1.45 bits per heavy atom. The molecular formula is C16H27Br5O. The predicted octanol–water partition coefficient (Wildman–Crippen LogP) is 7.20. The van der Waals surface area contributed by atoms with Gasteiger partial charge in [0, 0.05) is 30.7 Å². The summed E-state index contributed by atoms with van der Waals surface area (Å²) in [5.74, 6) is 0.584. The fourth-order valence-electron chi connectivity index (χ4n) is 2.55. The lowest BCUT2D eigenvalue weighted by molar-refractivity contribution is 0.0278. The Balaban J connectivity index is 2.69. The molecule has 0 spiro atoms. The summed E-state index contributed by atoms with van der Waals surface area (Å²) in [6.07, 6.45) is 7.23. The molecule has 1 aliphatic carbocycles. The van der Waals surface area contributed by atoms with Crippen LogP contribution in [0.15, 0.2) is 0 Å². The van der Waals surface area contributed by atoms with E-state index in [1.807, 2.05) is 0 Å². The topological polar surface area (TPSA) is 9.23 Å². The molecule has 132 valence electrons. The summed E-state index contributed by atoms with van der Waals surface area (Å²) < 4.78 is 6.20. The molecule has 0 aromatic heterocycles. The largest absolute Gasteiger partial charge is 0.377 e. The molecule has 0 N–H and O–H groups in total. The molecule has 22 heavy (non-hydrogen) atoms. The molecule has 6 heteroatoms. The van der Waals surface area contributed by atoms with Crippen LogP contribution in [0.4, 0.5) is 0 Å². The van der Waals surface area contributed by atoms with Gasteiger partial charge in [0.25, 0.3) is 0 Å². The normalized spacial score (nSPS) is 39.3. The Morgan fingerprint density at radius 1 is 0.682 bits per heavy atom. The van der Waals surface area contributed by atoms with Crippen LogP contribution in [0.3, 0.4) is 0 Å². The van der Waals surface area contributed by atoms with Crippen LogP contribution < -0.4 is 0 Å². The van der Waals surface area contributed by atoms with Gasteiger partial charge in [0.1, 0.15) is 0 Å². The highest BCUT2D eigenvalue weighted by molar-refractivity contribution is 9.12. The molecule has 0 aliphatic heterocycles. The summed E-state index contributed by atoms with van der Waals surface area (Å²) in [4.78, 5) is 2.50. The van der Waals surface area contributed by atoms with Crippen LogP contribution in [0.5, 0.6) is 0 Å². The van der Waals surface area contributed by atoms with Crippen molar-refractivity contribution < 1.29 is 4.74 Å². The van der Waals surface area contributed by atoms with Crippen molar-refractivity contribution in [1.29, 1.82) is 0 Å². The van der Waals surface area contributed by atoms with Gasteiger partial charge >= 0.3 is 0 Å². The molecule has 0 amide bonds. The minimum atomic E-state index is 0.301. The summed E-state index contributed by atoms with van der Waals surface area (Å²) in [5, 5.41) is 0. The van der Waals surface area contributed by atoms with Crippen LogP contribution in [0.2, 0.25) is 0 Å². The van der Waals surface area contributed by atoms with Crippen molar-refractivity contribution >= 4 is 79.6 Å². The lowest BCUT2D eigenvalue weighted by atomic mass is 9.99. The van der Waals surface area contributed by atoms with Crippen LogP contribution in [0.1, 0.15) is 52.4 Å². The Bertz CT molecular complexity index is 302. The molecule has 1 unspecified atom stereocenters. The molecule has 1 nitrogen and oxygen atoms in total. The van der Waals surface area contributed by atoms with E-state index in [4.69, 9.17) is 4.74 Å². The van der Waals surface area contributed by atoms with Crippen molar-refractivity contribution in [1.82, 2.24) is 0 Å². The molecule has 0 bridgehead atoms. The van der Waals surface area contributed by atoms with Crippen LogP contribution in [0, 0.1) is 5.92 Å². The maximum absolute atomic E-state index is 6.20. The first-order valence-corrected chi connectivity index (χ1v) is 12.7. The van der Waals surface area contributed by atoms with Gasteiger partial charge in [0.15, 0.2) is 0 Å². The van der Waals surface area contributed by atoms with Gasteiger partial charge in [-0.2, -0.15) is 0 Å². The molecule has 0 aromatic rings. The Hall–Kier alpha value is 2.36. The molecule has 1 saturated carbocycles. The third-order valence-electron chi connectivity index (χ3n) is 4.00. The van der Waals surface area contributed by atoms with Crippen molar-refractivity contribution in [2.24, 2.45) is 5.92 Å². The van der Waals surface area contributed by atoms with Gasteiger partial charge in [-0.15, -0.1) is 0 Å². The number of ether oxygens (including phenoxy) is 1. The fraction of sp³-hybridized carbons (Fsp3) is 1.00. The van der Waals surface area contributed by atoms with E-state index in [2.05, 4.69) is 93.5 Å². The van der Waals surface area contributed by atoms with Crippen LogP contribution in [-0.2, 0) is 4.74 Å². The third kappa shape index (κ3) is 8.64. The van der Waals surface area contributed by atoms with Crippen LogP contribution in [-0.4, -0.2) is 36.8 Å². The van der Waals surface area contributed by atoms with Crippen LogP contribution in [0.25, 0.3) is 0 Å².